The summed E-state index contributed by atoms with van der Waals surface area (Å²) in [6.45, 7) is 9.22. The van der Waals surface area contributed by atoms with Crippen molar-refractivity contribution in [2.24, 2.45) is 5.41 Å². The van der Waals surface area contributed by atoms with E-state index in [9.17, 15) is 0 Å². The van der Waals surface area contributed by atoms with Crippen molar-refractivity contribution in [3.63, 3.8) is 0 Å². The molecular formula is C17H23Cl2STi. The van der Waals surface area contributed by atoms with Crippen molar-refractivity contribution < 1.29 is 46.5 Å². The summed E-state index contributed by atoms with van der Waals surface area (Å²) in [6, 6.07) is 0. The molecule has 1 unspecified atom stereocenters. The molecule has 2 aliphatic rings. The van der Waals surface area contributed by atoms with Gasteiger partial charge < -0.3 is 24.8 Å². The number of hydrogen-bond donors (Lipinski definition) is 0. The summed E-state index contributed by atoms with van der Waals surface area (Å²) < 4.78 is 0.170. The van der Waals surface area contributed by atoms with E-state index in [1.54, 1.807) is 0 Å². The SMILES string of the molecule is CSC1(C(C)(C)C2=[C-]CC=C2)CC=C(C)C=C1C.[Cl-].[Cl-].[Ti+3]. The molecule has 0 bridgehead atoms. The van der Waals surface area contributed by atoms with Gasteiger partial charge in [0.2, 0.25) is 0 Å². The normalized spacial score (nSPS) is 24.0. The van der Waals surface area contributed by atoms with Gasteiger partial charge in [-0.1, -0.05) is 37.1 Å². The Hall–Kier alpha value is 0.604. The van der Waals surface area contributed by atoms with E-state index in [0.717, 1.165) is 12.8 Å². The molecule has 0 nitrogen and oxygen atoms in total. The van der Waals surface area contributed by atoms with Crippen LogP contribution in [0.15, 0.2) is 41.0 Å². The first-order chi connectivity index (χ1) is 8.44. The van der Waals surface area contributed by atoms with Gasteiger partial charge in [-0.2, -0.15) is 17.8 Å². The third-order valence-corrected chi connectivity index (χ3v) is 6.21. The molecule has 0 aromatic heterocycles. The van der Waals surface area contributed by atoms with Crippen molar-refractivity contribution >= 4 is 11.8 Å². The zero-order valence-electron chi connectivity index (χ0n) is 13.4. The van der Waals surface area contributed by atoms with Gasteiger partial charge in [-0.25, -0.2) is 11.6 Å². The monoisotopic (exact) mass is 377 g/mol. The molecule has 4 heteroatoms. The molecule has 2 rings (SSSR count). The van der Waals surface area contributed by atoms with Crippen LogP contribution in [0.3, 0.4) is 0 Å². The van der Waals surface area contributed by atoms with E-state index >= 15 is 0 Å². The van der Waals surface area contributed by atoms with Gasteiger partial charge in [0.15, 0.2) is 0 Å². The van der Waals surface area contributed by atoms with Crippen molar-refractivity contribution in [3.8, 4) is 0 Å². The molecule has 1 atom stereocenters. The van der Waals surface area contributed by atoms with Gasteiger partial charge in [0.1, 0.15) is 0 Å². The van der Waals surface area contributed by atoms with Gasteiger partial charge >= 0.3 is 21.7 Å². The molecule has 0 aromatic carbocycles. The molecular weight excluding hydrogens is 355 g/mol. The van der Waals surface area contributed by atoms with E-state index in [0.29, 0.717) is 0 Å². The molecule has 21 heavy (non-hydrogen) atoms. The Balaban J connectivity index is 0. The van der Waals surface area contributed by atoms with Gasteiger partial charge in [-0.15, -0.1) is 6.42 Å². The minimum Gasteiger partial charge on any atom is -1.00 e. The molecule has 0 aromatic rings. The first-order valence-electron chi connectivity index (χ1n) is 6.62. The van der Waals surface area contributed by atoms with Crippen LogP contribution in [0.2, 0.25) is 0 Å². The molecule has 0 saturated heterocycles. The minimum atomic E-state index is 0. The Morgan fingerprint density at radius 1 is 1.24 bits per heavy atom. The smallest absolute Gasteiger partial charge is 1.00 e. The van der Waals surface area contributed by atoms with Crippen molar-refractivity contribution in [2.75, 3.05) is 6.26 Å². The molecule has 0 aliphatic heterocycles. The summed E-state index contributed by atoms with van der Waals surface area (Å²) in [5.74, 6) is 0. The second-order valence-electron chi connectivity index (χ2n) is 5.83. The van der Waals surface area contributed by atoms with Crippen LogP contribution in [0.5, 0.6) is 0 Å². The number of allylic oxidation sites excluding steroid dienone is 7. The Morgan fingerprint density at radius 3 is 2.29 bits per heavy atom. The maximum absolute atomic E-state index is 3.53. The van der Waals surface area contributed by atoms with Crippen LogP contribution >= 0.6 is 11.8 Å². The molecule has 0 spiro atoms. The van der Waals surface area contributed by atoms with Crippen LogP contribution in [0.4, 0.5) is 0 Å². The molecule has 115 valence electrons. The van der Waals surface area contributed by atoms with Crippen LogP contribution in [-0.4, -0.2) is 11.0 Å². The van der Waals surface area contributed by atoms with Gasteiger partial charge in [0.25, 0.3) is 0 Å². The molecule has 0 fully saturated rings. The van der Waals surface area contributed by atoms with E-state index in [1.807, 2.05) is 11.8 Å². The van der Waals surface area contributed by atoms with Crippen LogP contribution in [0.25, 0.3) is 0 Å². The van der Waals surface area contributed by atoms with E-state index in [1.165, 1.54) is 16.7 Å². The average molecular weight is 378 g/mol. The summed E-state index contributed by atoms with van der Waals surface area (Å²) >= 11 is 1.99. The van der Waals surface area contributed by atoms with E-state index in [2.05, 4.69) is 64.3 Å². The fraction of sp³-hybridized carbons (Fsp3) is 0.529. The summed E-state index contributed by atoms with van der Waals surface area (Å²) in [4.78, 5) is 0. The van der Waals surface area contributed by atoms with Gasteiger partial charge in [-0.05, 0) is 31.9 Å². The number of hydrogen-bond acceptors (Lipinski definition) is 1. The van der Waals surface area contributed by atoms with Gasteiger partial charge in [0.05, 0.1) is 0 Å². The number of thioether (sulfide) groups is 1. The first kappa shape index (κ1) is 23.9. The molecule has 0 heterocycles. The summed E-state index contributed by atoms with van der Waals surface area (Å²) in [6.07, 6.45) is 17.1. The average Bonchev–Trinajstić information content (AvgIpc) is 2.83. The standard InChI is InChI=1S/C17H23S.2ClH.Ti/c1-13-10-11-17(18-5,14(2)12-13)16(3,4)15-8-6-7-9-15;;;/h6,8,10,12H,7,11H2,1-5H3;2*1H;/q-1;;;+3/p-2. The third-order valence-electron chi connectivity index (χ3n) is 4.52. The fourth-order valence-corrected chi connectivity index (χ4v) is 4.53. The molecule has 0 N–H and O–H groups in total. The van der Waals surface area contributed by atoms with Gasteiger partial charge in [-0.3, -0.25) is 6.08 Å². The van der Waals surface area contributed by atoms with Crippen LogP contribution in [-0.2, 0) is 21.7 Å². The van der Waals surface area contributed by atoms with Crippen molar-refractivity contribution in [2.45, 2.75) is 45.3 Å². The summed E-state index contributed by atoms with van der Waals surface area (Å²) in [5, 5.41) is 0. The largest absolute Gasteiger partial charge is 3.00 e. The molecule has 2 aliphatic carbocycles. The fourth-order valence-electron chi connectivity index (χ4n) is 3.28. The summed E-state index contributed by atoms with van der Waals surface area (Å²) in [5.41, 5.74) is 4.39. The first-order valence-corrected chi connectivity index (χ1v) is 7.85. The second kappa shape index (κ2) is 9.04. The summed E-state index contributed by atoms with van der Waals surface area (Å²) in [7, 11) is 0. The molecule has 1 radical (unpaired) electrons. The zero-order valence-corrected chi connectivity index (χ0v) is 17.3. The van der Waals surface area contributed by atoms with Gasteiger partial charge in [0, 0.05) is 4.75 Å². The van der Waals surface area contributed by atoms with Crippen molar-refractivity contribution in [1.82, 2.24) is 0 Å². The van der Waals surface area contributed by atoms with E-state index in [-0.39, 0.29) is 56.7 Å². The maximum atomic E-state index is 3.53. The Kier molecular flexibility index (Phi) is 10.3. The topological polar surface area (TPSA) is 0 Å². The van der Waals surface area contributed by atoms with Crippen LogP contribution < -0.4 is 24.8 Å². The predicted molar refractivity (Wildman–Crippen MR) is 82.7 cm³/mol. The van der Waals surface area contributed by atoms with Crippen LogP contribution in [0.1, 0.15) is 40.5 Å². The Morgan fingerprint density at radius 2 is 1.86 bits per heavy atom. The quantitative estimate of drug-likeness (QED) is 0.454. The molecule has 0 saturated carbocycles. The molecule has 0 amide bonds. The Bertz CT molecular complexity index is 475. The minimum absolute atomic E-state index is 0. The van der Waals surface area contributed by atoms with Crippen molar-refractivity contribution in [1.29, 1.82) is 0 Å². The third kappa shape index (κ3) is 4.12. The van der Waals surface area contributed by atoms with Crippen LogP contribution in [0, 0.1) is 11.5 Å². The number of halogens is 2. The number of rotatable bonds is 3. The Labute approximate surface area is 161 Å². The van der Waals surface area contributed by atoms with E-state index in [4.69, 9.17) is 0 Å². The predicted octanol–water partition coefficient (Wildman–Crippen LogP) is -0.894. The zero-order chi connectivity index (χ0) is 13.4. The second-order valence-corrected chi connectivity index (χ2v) is 6.94. The van der Waals surface area contributed by atoms with Crippen molar-refractivity contribution in [3.05, 3.63) is 47.1 Å². The maximum Gasteiger partial charge on any atom is 3.00 e. The van der Waals surface area contributed by atoms with E-state index < -0.39 is 0 Å².